The van der Waals surface area contributed by atoms with Crippen LogP contribution in [0.25, 0.3) is 0 Å². The lowest BCUT2D eigenvalue weighted by Gasteiger charge is -2.17. The van der Waals surface area contributed by atoms with Gasteiger partial charge in [0.05, 0.1) is 0 Å². The number of hydrogen-bond donors (Lipinski definition) is 2. The van der Waals surface area contributed by atoms with Crippen molar-refractivity contribution >= 4 is 11.8 Å². The predicted octanol–water partition coefficient (Wildman–Crippen LogP) is 2.82. The van der Waals surface area contributed by atoms with Gasteiger partial charge in [0.2, 0.25) is 0 Å². The first-order chi connectivity index (χ1) is 8.01. The van der Waals surface area contributed by atoms with Crippen molar-refractivity contribution in [3.8, 4) is 0 Å². The first kappa shape index (κ1) is 14.6. The number of benzene rings is 1. The summed E-state index contributed by atoms with van der Waals surface area (Å²) in [7, 11) is 0. The molecule has 1 rings (SSSR count). The Balaban J connectivity index is 2.60. The lowest BCUT2D eigenvalue weighted by molar-refractivity contribution is 0.575. The van der Waals surface area contributed by atoms with Crippen LogP contribution >= 0.6 is 11.8 Å². The van der Waals surface area contributed by atoms with Crippen LogP contribution in [0.2, 0.25) is 0 Å². The summed E-state index contributed by atoms with van der Waals surface area (Å²) in [6.45, 7) is 8.72. The van der Waals surface area contributed by atoms with E-state index < -0.39 is 0 Å². The first-order valence-electron chi connectivity index (χ1n) is 6.16. The Labute approximate surface area is 109 Å². The highest BCUT2D eigenvalue weighted by Gasteiger charge is 2.09. The SMILES string of the molecule is Cc1cc(C)cc(CC(CSC(C)C)NN)c1. The van der Waals surface area contributed by atoms with Crippen molar-refractivity contribution in [2.45, 2.75) is 45.4 Å². The van der Waals surface area contributed by atoms with E-state index in [1.54, 1.807) is 0 Å². The number of hydrogen-bond acceptors (Lipinski definition) is 3. The molecule has 96 valence electrons. The molecule has 1 aromatic rings. The largest absolute Gasteiger partial charge is 0.271 e. The second kappa shape index (κ2) is 7.04. The molecule has 0 aliphatic carbocycles. The number of thioether (sulfide) groups is 1. The molecule has 0 aliphatic rings. The highest BCUT2D eigenvalue weighted by Crippen LogP contribution is 2.15. The molecular formula is C14H24N2S. The molecule has 0 aliphatic heterocycles. The Morgan fingerprint density at radius 3 is 2.24 bits per heavy atom. The molecule has 0 amide bonds. The van der Waals surface area contributed by atoms with Crippen LogP contribution < -0.4 is 11.3 Å². The number of aryl methyl sites for hydroxylation is 2. The molecule has 0 heterocycles. The molecule has 1 unspecified atom stereocenters. The highest BCUT2D eigenvalue weighted by atomic mass is 32.2. The number of nitrogens with two attached hydrogens (primary N) is 1. The third-order valence-electron chi connectivity index (χ3n) is 2.63. The zero-order chi connectivity index (χ0) is 12.8. The maximum absolute atomic E-state index is 5.62. The fourth-order valence-corrected chi connectivity index (χ4v) is 2.78. The van der Waals surface area contributed by atoms with Gasteiger partial charge in [0.25, 0.3) is 0 Å². The van der Waals surface area contributed by atoms with Gasteiger partial charge < -0.3 is 0 Å². The fraction of sp³-hybridized carbons (Fsp3) is 0.571. The van der Waals surface area contributed by atoms with Gasteiger partial charge in [0.1, 0.15) is 0 Å². The van der Waals surface area contributed by atoms with Crippen molar-refractivity contribution in [2.24, 2.45) is 5.84 Å². The van der Waals surface area contributed by atoms with Crippen molar-refractivity contribution in [3.05, 3.63) is 34.9 Å². The van der Waals surface area contributed by atoms with Crippen LogP contribution in [0.1, 0.15) is 30.5 Å². The van der Waals surface area contributed by atoms with E-state index in [-0.39, 0.29) is 0 Å². The molecule has 1 aromatic carbocycles. The fourth-order valence-electron chi connectivity index (χ4n) is 1.95. The summed E-state index contributed by atoms with van der Waals surface area (Å²) in [4.78, 5) is 0. The van der Waals surface area contributed by atoms with Crippen molar-refractivity contribution in [1.29, 1.82) is 0 Å². The lowest BCUT2D eigenvalue weighted by atomic mass is 10.0. The monoisotopic (exact) mass is 252 g/mol. The molecular weight excluding hydrogens is 228 g/mol. The summed E-state index contributed by atoms with van der Waals surface area (Å²) in [6, 6.07) is 7.05. The van der Waals surface area contributed by atoms with Crippen molar-refractivity contribution in [2.75, 3.05) is 5.75 Å². The van der Waals surface area contributed by atoms with E-state index in [0.717, 1.165) is 12.2 Å². The Hall–Kier alpha value is -0.510. The normalized spacial score (nSPS) is 13.1. The van der Waals surface area contributed by atoms with Gasteiger partial charge in [-0.3, -0.25) is 11.3 Å². The topological polar surface area (TPSA) is 38.0 Å². The number of nitrogens with one attached hydrogen (secondary N) is 1. The Kier molecular flexibility index (Phi) is 6.03. The van der Waals surface area contributed by atoms with Crippen molar-refractivity contribution < 1.29 is 0 Å². The molecule has 2 nitrogen and oxygen atoms in total. The Bertz CT molecular complexity index is 330. The smallest absolute Gasteiger partial charge is 0.0341 e. The number of rotatable bonds is 6. The highest BCUT2D eigenvalue weighted by molar-refractivity contribution is 7.99. The van der Waals surface area contributed by atoms with Gasteiger partial charge in [-0.15, -0.1) is 0 Å². The van der Waals surface area contributed by atoms with E-state index >= 15 is 0 Å². The quantitative estimate of drug-likeness (QED) is 0.604. The van der Waals surface area contributed by atoms with Gasteiger partial charge >= 0.3 is 0 Å². The average Bonchev–Trinajstić information content (AvgIpc) is 2.22. The zero-order valence-electron chi connectivity index (χ0n) is 11.3. The molecule has 0 bridgehead atoms. The van der Waals surface area contributed by atoms with Crippen LogP contribution in [0.4, 0.5) is 0 Å². The average molecular weight is 252 g/mol. The molecule has 0 radical (unpaired) electrons. The Morgan fingerprint density at radius 1 is 1.18 bits per heavy atom. The summed E-state index contributed by atoms with van der Waals surface area (Å²) in [5.41, 5.74) is 6.95. The molecule has 0 saturated heterocycles. The minimum Gasteiger partial charge on any atom is -0.271 e. The van der Waals surface area contributed by atoms with Gasteiger partial charge in [-0.05, 0) is 31.1 Å². The minimum atomic E-state index is 0.351. The molecule has 0 fully saturated rings. The van der Waals surface area contributed by atoms with E-state index in [1.165, 1.54) is 16.7 Å². The van der Waals surface area contributed by atoms with Crippen molar-refractivity contribution in [1.82, 2.24) is 5.43 Å². The molecule has 0 aromatic heterocycles. The summed E-state index contributed by atoms with van der Waals surface area (Å²) >= 11 is 1.95. The summed E-state index contributed by atoms with van der Waals surface area (Å²) in [5.74, 6) is 6.68. The maximum atomic E-state index is 5.62. The van der Waals surface area contributed by atoms with E-state index in [1.807, 2.05) is 11.8 Å². The zero-order valence-corrected chi connectivity index (χ0v) is 12.1. The van der Waals surface area contributed by atoms with Gasteiger partial charge in [0.15, 0.2) is 0 Å². The van der Waals surface area contributed by atoms with Gasteiger partial charge in [-0.1, -0.05) is 43.2 Å². The van der Waals surface area contributed by atoms with Crippen LogP contribution in [0.15, 0.2) is 18.2 Å². The molecule has 17 heavy (non-hydrogen) atoms. The van der Waals surface area contributed by atoms with E-state index in [2.05, 4.69) is 51.3 Å². The van der Waals surface area contributed by atoms with E-state index in [0.29, 0.717) is 11.3 Å². The molecule has 0 saturated carbocycles. The first-order valence-corrected chi connectivity index (χ1v) is 7.21. The maximum Gasteiger partial charge on any atom is 0.0341 e. The second-order valence-corrected chi connectivity index (χ2v) is 6.56. The Morgan fingerprint density at radius 2 is 1.76 bits per heavy atom. The van der Waals surface area contributed by atoms with E-state index in [4.69, 9.17) is 5.84 Å². The predicted molar refractivity (Wildman–Crippen MR) is 78.3 cm³/mol. The standard InChI is InChI=1S/C14H24N2S/c1-10(2)17-9-14(16-15)8-13-6-11(3)5-12(4)7-13/h5-7,10,14,16H,8-9,15H2,1-4H3. The summed E-state index contributed by atoms with van der Waals surface area (Å²) in [6.07, 6.45) is 0.999. The second-order valence-electron chi connectivity index (χ2n) is 4.95. The van der Waals surface area contributed by atoms with Crippen molar-refractivity contribution in [3.63, 3.8) is 0 Å². The number of hydrazine groups is 1. The van der Waals surface area contributed by atoms with Gasteiger partial charge in [-0.25, -0.2) is 0 Å². The van der Waals surface area contributed by atoms with Crippen LogP contribution in [-0.4, -0.2) is 17.0 Å². The van der Waals surface area contributed by atoms with Crippen LogP contribution in [-0.2, 0) is 6.42 Å². The van der Waals surface area contributed by atoms with Crippen LogP contribution in [0, 0.1) is 13.8 Å². The lowest BCUT2D eigenvalue weighted by Crippen LogP contribution is -2.39. The molecule has 1 atom stereocenters. The van der Waals surface area contributed by atoms with Gasteiger partial charge in [-0.2, -0.15) is 11.8 Å². The molecule has 3 heteroatoms. The molecule has 3 N–H and O–H groups in total. The molecule has 0 spiro atoms. The third-order valence-corrected chi connectivity index (χ3v) is 3.89. The minimum absolute atomic E-state index is 0.351. The summed E-state index contributed by atoms with van der Waals surface area (Å²) < 4.78 is 0. The summed E-state index contributed by atoms with van der Waals surface area (Å²) in [5, 5.41) is 0.657. The van der Waals surface area contributed by atoms with Gasteiger partial charge in [0, 0.05) is 11.8 Å². The van der Waals surface area contributed by atoms with Crippen LogP contribution in [0.3, 0.4) is 0 Å². The third kappa shape index (κ3) is 5.57. The van der Waals surface area contributed by atoms with Crippen LogP contribution in [0.5, 0.6) is 0 Å². The van der Waals surface area contributed by atoms with E-state index in [9.17, 15) is 0 Å².